The molecule has 0 aliphatic carbocycles. The van der Waals surface area contributed by atoms with Gasteiger partial charge in [-0.25, -0.2) is 4.79 Å². The highest BCUT2D eigenvalue weighted by Crippen LogP contribution is 2.15. The minimum Gasteiger partial charge on any atom is -0.508 e. The first kappa shape index (κ1) is 70.1. The third-order valence-corrected chi connectivity index (χ3v) is 13.6. The van der Waals surface area contributed by atoms with Crippen molar-refractivity contribution in [1.29, 1.82) is 0 Å². The predicted octanol–water partition coefficient (Wildman–Crippen LogP) is -2.50. The molecule has 0 aliphatic rings. The van der Waals surface area contributed by atoms with Crippen LogP contribution in [0.5, 0.6) is 5.75 Å². The fourth-order valence-corrected chi connectivity index (χ4v) is 8.71. The summed E-state index contributed by atoms with van der Waals surface area (Å²) in [4.78, 5) is 171. The Morgan fingerprint density at radius 2 is 0.817 bits per heavy atom. The van der Waals surface area contributed by atoms with Gasteiger partial charge in [0, 0.05) is 32.1 Å². The molecule has 10 amide bonds. The van der Waals surface area contributed by atoms with E-state index in [0.717, 1.165) is 0 Å². The Morgan fingerprint density at radius 1 is 0.451 bits per heavy atom. The summed E-state index contributed by atoms with van der Waals surface area (Å²) in [6.45, 7) is 3.07. The number of phenols is 1. The highest BCUT2D eigenvalue weighted by molar-refractivity contribution is 7.98. The number of nitrogens with two attached hydrogens (primary N) is 3. The zero-order valence-electron chi connectivity index (χ0n) is 45.8. The molecule has 2 aromatic carbocycles. The average molecular weight is 1190 g/mol. The van der Waals surface area contributed by atoms with Gasteiger partial charge in [0.15, 0.2) is 0 Å². The number of thioether (sulfide) groups is 2. The zero-order chi connectivity index (χ0) is 61.6. The number of benzene rings is 2. The number of phenolic OH excluding ortho intramolecular Hbond substituents is 1. The quantitative estimate of drug-likeness (QED) is 0.0329. The molecule has 0 heterocycles. The second-order valence-corrected chi connectivity index (χ2v) is 21.2. The van der Waals surface area contributed by atoms with Crippen LogP contribution in [0.25, 0.3) is 0 Å². The van der Waals surface area contributed by atoms with Gasteiger partial charge in [0.1, 0.15) is 54.1 Å². The van der Waals surface area contributed by atoms with Crippen molar-refractivity contribution in [3.63, 3.8) is 0 Å². The number of carboxylic acids is 3. The number of carbonyl (C=O) groups is 13. The topological polar surface area (TPSA) is 477 Å². The molecular formula is C52H75N11O17S2. The summed E-state index contributed by atoms with van der Waals surface area (Å²) in [5.41, 5.74) is 17.2. The van der Waals surface area contributed by atoms with Crippen molar-refractivity contribution < 1.29 is 82.8 Å². The van der Waals surface area contributed by atoms with Crippen molar-refractivity contribution in [2.45, 2.75) is 139 Å². The van der Waals surface area contributed by atoms with Crippen LogP contribution in [0.3, 0.4) is 0 Å². The van der Waals surface area contributed by atoms with Crippen LogP contribution in [-0.4, -0.2) is 176 Å². The monoisotopic (exact) mass is 1190 g/mol. The van der Waals surface area contributed by atoms with E-state index >= 15 is 0 Å². The van der Waals surface area contributed by atoms with E-state index < -0.39 is 176 Å². The molecule has 9 atom stereocenters. The molecule has 2 rings (SSSR count). The molecule has 0 bridgehead atoms. The maximum Gasteiger partial charge on any atom is 0.326 e. The molecule has 0 radical (unpaired) electrons. The zero-order valence-corrected chi connectivity index (χ0v) is 47.4. The van der Waals surface area contributed by atoms with Crippen LogP contribution < -0.4 is 59.7 Å². The summed E-state index contributed by atoms with van der Waals surface area (Å²) in [5.74, 6) is -14.3. The van der Waals surface area contributed by atoms with Gasteiger partial charge in [0.25, 0.3) is 0 Å². The van der Waals surface area contributed by atoms with Gasteiger partial charge >= 0.3 is 17.9 Å². The molecule has 18 N–H and O–H groups in total. The number of carboxylic acid groups (broad SMARTS) is 3. The molecule has 30 heteroatoms. The SMILES string of the molecule is CSCCC(NC(=O)C(CCSC)NC(=O)C(CCC(N)=O)NC(=O)C(NC(=O)C(Cc1ccccc1)NC(=O)C(CCC(=O)O)NC(=O)C(CCC(=O)O)NC(=O)C(Cc1ccc(O)cc1)NC(=O)C(N)CC(N)=O)C(C)C)C(=O)O. The Balaban J connectivity index is 2.53. The Hall–Kier alpha value is -7.99. The van der Waals surface area contributed by atoms with Gasteiger partial charge in [0.05, 0.1) is 12.5 Å². The van der Waals surface area contributed by atoms with Crippen LogP contribution >= 0.6 is 23.5 Å². The minimum absolute atomic E-state index is 0.0358. The van der Waals surface area contributed by atoms with E-state index in [-0.39, 0.29) is 37.9 Å². The van der Waals surface area contributed by atoms with Crippen molar-refractivity contribution in [3.8, 4) is 5.75 Å². The van der Waals surface area contributed by atoms with Crippen LogP contribution in [0.4, 0.5) is 0 Å². The number of amides is 10. The molecule has 0 aliphatic heterocycles. The maximum atomic E-state index is 14.4. The summed E-state index contributed by atoms with van der Waals surface area (Å²) in [6.07, 6.45) is -1.14. The standard InChI is InChI=1S/C52H75N11O17S2/c1-27(2)43(51(78)59-32(14-17-39(54)65)45(72)58-35(20-22-81-3)48(75)60-36(52(79)80)21-23-82-4)63-50(77)38(24-28-8-6-5-7-9-28)62-47(74)34(16-19-42(69)70)56-46(73)33(15-18-41(67)68)57-49(76)37(25-29-10-12-30(64)13-11-29)61-44(71)31(53)26-40(55)66/h5-13,27,31-38,43,64H,14-26,53H2,1-4H3,(H2,54,65)(H2,55,66)(H,56,73)(H,57,76)(H,58,72)(H,59,78)(H,60,75)(H,61,71)(H,62,74)(H,63,77)(H,67,68)(H,69,70)(H,79,80). The Morgan fingerprint density at radius 3 is 1.23 bits per heavy atom. The van der Waals surface area contributed by atoms with Gasteiger partial charge in [-0.05, 0) is 85.3 Å². The number of aromatic hydroxyl groups is 1. The lowest BCUT2D eigenvalue weighted by molar-refractivity contribution is -0.142. The van der Waals surface area contributed by atoms with Crippen molar-refractivity contribution in [1.82, 2.24) is 42.5 Å². The minimum atomic E-state index is -1.81. The van der Waals surface area contributed by atoms with E-state index in [4.69, 9.17) is 17.2 Å². The van der Waals surface area contributed by atoms with E-state index in [1.807, 2.05) is 0 Å². The maximum absolute atomic E-state index is 14.4. The Labute approximate surface area is 481 Å². The molecule has 0 spiro atoms. The first-order valence-corrected chi connectivity index (χ1v) is 28.7. The molecule has 0 aromatic heterocycles. The van der Waals surface area contributed by atoms with Gasteiger partial charge in [-0.2, -0.15) is 23.5 Å². The summed E-state index contributed by atoms with van der Waals surface area (Å²) in [6, 6.07) is -0.404. The first-order chi connectivity index (χ1) is 38.6. The van der Waals surface area contributed by atoms with E-state index in [1.165, 1.54) is 61.6 Å². The second kappa shape index (κ2) is 36.4. The van der Waals surface area contributed by atoms with E-state index in [9.17, 15) is 82.8 Å². The van der Waals surface area contributed by atoms with Crippen molar-refractivity contribution in [2.24, 2.45) is 23.1 Å². The lowest BCUT2D eigenvalue weighted by Crippen LogP contribution is -2.61. The van der Waals surface area contributed by atoms with Crippen LogP contribution in [0.1, 0.15) is 82.8 Å². The summed E-state index contributed by atoms with van der Waals surface area (Å²) in [5, 5.41) is 58.4. The van der Waals surface area contributed by atoms with Crippen molar-refractivity contribution in [3.05, 3.63) is 65.7 Å². The Bertz CT molecular complexity index is 2550. The molecule has 0 saturated carbocycles. The molecule has 82 heavy (non-hydrogen) atoms. The second-order valence-electron chi connectivity index (χ2n) is 19.3. The van der Waals surface area contributed by atoms with Gasteiger partial charge in [0.2, 0.25) is 59.1 Å². The van der Waals surface area contributed by atoms with Gasteiger partial charge in [-0.3, -0.25) is 57.5 Å². The third kappa shape index (κ3) is 26.5. The van der Waals surface area contributed by atoms with Crippen molar-refractivity contribution in [2.75, 3.05) is 24.0 Å². The number of rotatable bonds is 39. The molecule has 2 aromatic rings. The van der Waals surface area contributed by atoms with E-state index in [2.05, 4.69) is 42.5 Å². The predicted molar refractivity (Wildman–Crippen MR) is 300 cm³/mol. The molecule has 452 valence electrons. The largest absolute Gasteiger partial charge is 0.508 e. The van der Waals surface area contributed by atoms with Gasteiger partial charge < -0.3 is 80.2 Å². The fraction of sp³-hybridized carbons (Fsp3) is 0.519. The summed E-state index contributed by atoms with van der Waals surface area (Å²) < 4.78 is 0. The molecule has 28 nitrogen and oxygen atoms in total. The normalized spacial score (nSPS) is 14.3. The smallest absolute Gasteiger partial charge is 0.326 e. The van der Waals surface area contributed by atoms with E-state index in [1.54, 1.807) is 42.8 Å². The van der Waals surface area contributed by atoms with Crippen LogP contribution in [0, 0.1) is 5.92 Å². The van der Waals surface area contributed by atoms with E-state index in [0.29, 0.717) is 22.6 Å². The number of carbonyl (C=O) groups excluding carboxylic acids is 10. The lowest BCUT2D eigenvalue weighted by atomic mass is 9.99. The lowest BCUT2D eigenvalue weighted by Gasteiger charge is -2.29. The highest BCUT2D eigenvalue weighted by Gasteiger charge is 2.36. The van der Waals surface area contributed by atoms with Gasteiger partial charge in [-0.15, -0.1) is 0 Å². The Kier molecular flexibility index (Phi) is 31.1. The number of hydrogen-bond acceptors (Lipinski definition) is 17. The molecular weight excluding hydrogens is 1110 g/mol. The molecule has 0 saturated heterocycles. The number of nitrogens with one attached hydrogen (secondary N) is 8. The summed E-state index contributed by atoms with van der Waals surface area (Å²) >= 11 is 2.69. The number of hydrogen-bond donors (Lipinski definition) is 15. The fourth-order valence-electron chi connectivity index (χ4n) is 7.76. The average Bonchev–Trinajstić information content (AvgIpc) is 3.43. The van der Waals surface area contributed by atoms with Gasteiger partial charge in [-0.1, -0.05) is 56.3 Å². The molecule has 0 fully saturated rings. The van der Waals surface area contributed by atoms with Crippen LogP contribution in [0.15, 0.2) is 54.6 Å². The highest BCUT2D eigenvalue weighted by atomic mass is 32.2. The van der Waals surface area contributed by atoms with Crippen LogP contribution in [-0.2, 0) is 75.2 Å². The number of primary amides is 2. The number of aliphatic carboxylic acids is 3. The first-order valence-electron chi connectivity index (χ1n) is 25.9. The van der Waals surface area contributed by atoms with Crippen molar-refractivity contribution >= 4 is 101 Å². The third-order valence-electron chi connectivity index (χ3n) is 12.3. The molecule has 9 unspecified atom stereocenters. The summed E-state index contributed by atoms with van der Waals surface area (Å²) in [7, 11) is 0. The van der Waals surface area contributed by atoms with Crippen LogP contribution in [0.2, 0.25) is 0 Å².